The van der Waals surface area contributed by atoms with Gasteiger partial charge in [0.15, 0.2) is 5.69 Å². The number of carbonyl (C=O) groups is 2. The highest BCUT2D eigenvalue weighted by Gasteiger charge is 2.20. The number of nitrogens with one attached hydrogen (secondary N) is 1. The summed E-state index contributed by atoms with van der Waals surface area (Å²) in [6, 6.07) is 2.89. The average Bonchev–Trinajstić information content (AvgIpc) is 2.89. The molecule has 19 heavy (non-hydrogen) atoms. The third kappa shape index (κ3) is 2.88. The van der Waals surface area contributed by atoms with E-state index in [9.17, 15) is 18.4 Å². The summed E-state index contributed by atoms with van der Waals surface area (Å²) >= 11 is 0.921. The first-order valence-corrected chi connectivity index (χ1v) is 5.66. The molecule has 2 rings (SSSR count). The molecule has 1 N–H and O–H groups in total. The second kappa shape index (κ2) is 5.48. The number of benzene rings is 1. The van der Waals surface area contributed by atoms with E-state index >= 15 is 0 Å². The molecule has 98 valence electrons. The van der Waals surface area contributed by atoms with Crippen molar-refractivity contribution in [3.8, 4) is 0 Å². The predicted molar refractivity (Wildman–Crippen MR) is 59.1 cm³/mol. The lowest BCUT2D eigenvalue weighted by Gasteiger charge is -2.05. The maximum atomic E-state index is 13.2. The van der Waals surface area contributed by atoms with Gasteiger partial charge in [-0.25, -0.2) is 13.6 Å². The van der Waals surface area contributed by atoms with E-state index in [4.69, 9.17) is 0 Å². The molecule has 0 saturated heterocycles. The summed E-state index contributed by atoms with van der Waals surface area (Å²) in [4.78, 5) is 27.0. The van der Waals surface area contributed by atoms with Gasteiger partial charge < -0.3 is 4.84 Å². The molecular formula is C10H5F2N3O3S. The van der Waals surface area contributed by atoms with Gasteiger partial charge >= 0.3 is 11.9 Å². The Morgan fingerprint density at radius 2 is 1.95 bits per heavy atom. The highest BCUT2D eigenvalue weighted by Crippen LogP contribution is 2.12. The van der Waals surface area contributed by atoms with Crippen LogP contribution in [0.5, 0.6) is 0 Å². The lowest BCUT2D eigenvalue weighted by molar-refractivity contribution is 0.0219. The van der Waals surface area contributed by atoms with Crippen LogP contribution in [-0.2, 0) is 4.84 Å². The Balaban J connectivity index is 2.04. The van der Waals surface area contributed by atoms with Gasteiger partial charge in [0.1, 0.15) is 17.2 Å². The largest absolute Gasteiger partial charge is 0.368 e. The van der Waals surface area contributed by atoms with Gasteiger partial charge in [-0.15, -0.1) is 5.10 Å². The highest BCUT2D eigenvalue weighted by molar-refractivity contribution is 7.03. The van der Waals surface area contributed by atoms with Gasteiger partial charge in [0, 0.05) is 5.38 Å². The number of hydrogen-bond donors (Lipinski definition) is 1. The minimum Gasteiger partial charge on any atom is -0.335 e. The van der Waals surface area contributed by atoms with Crippen molar-refractivity contribution in [1.29, 1.82) is 0 Å². The molecule has 1 heterocycles. The predicted octanol–water partition coefficient (Wildman–Crippen LogP) is 1.32. The summed E-state index contributed by atoms with van der Waals surface area (Å²) < 4.78 is 29.9. The van der Waals surface area contributed by atoms with Gasteiger partial charge in [-0.2, -0.15) is 5.48 Å². The van der Waals surface area contributed by atoms with Crippen LogP contribution in [0.2, 0.25) is 0 Å². The molecule has 9 heteroatoms. The summed E-state index contributed by atoms with van der Waals surface area (Å²) in [5, 5.41) is 4.73. The minimum atomic E-state index is -1.35. The highest BCUT2D eigenvalue weighted by atomic mass is 32.1. The van der Waals surface area contributed by atoms with Crippen LogP contribution in [0.25, 0.3) is 0 Å². The Morgan fingerprint density at radius 3 is 2.53 bits per heavy atom. The van der Waals surface area contributed by atoms with Crippen LogP contribution in [0.4, 0.5) is 8.78 Å². The van der Waals surface area contributed by atoms with Crippen molar-refractivity contribution >= 4 is 23.4 Å². The first-order valence-electron chi connectivity index (χ1n) is 4.82. The summed E-state index contributed by atoms with van der Waals surface area (Å²) in [5.74, 6) is -4.38. The molecule has 0 bridgehead atoms. The molecule has 1 amide bonds. The molecule has 6 nitrogen and oxygen atoms in total. The number of nitrogens with zero attached hydrogens (tertiary/aromatic N) is 2. The van der Waals surface area contributed by atoms with Crippen molar-refractivity contribution in [3.63, 3.8) is 0 Å². The molecular weight excluding hydrogens is 280 g/mol. The Bertz CT molecular complexity index is 598. The fraction of sp³-hybridized carbons (Fsp3) is 0. The first-order chi connectivity index (χ1) is 9.09. The van der Waals surface area contributed by atoms with Gasteiger partial charge in [-0.05, 0) is 23.7 Å². The first kappa shape index (κ1) is 13.0. The van der Waals surface area contributed by atoms with Crippen molar-refractivity contribution in [3.05, 3.63) is 46.5 Å². The normalized spacial score (nSPS) is 10.0. The minimum absolute atomic E-state index is 0.0770. The fourth-order valence-corrected chi connectivity index (χ4v) is 1.59. The van der Waals surface area contributed by atoms with Gasteiger partial charge in [-0.1, -0.05) is 10.6 Å². The maximum Gasteiger partial charge on any atom is 0.368 e. The lowest BCUT2D eigenvalue weighted by atomic mass is 10.2. The SMILES string of the molecule is O=C(NOC(=O)c1c(F)cccc1F)c1csnn1. The van der Waals surface area contributed by atoms with E-state index in [1.165, 1.54) is 5.38 Å². The third-order valence-corrected chi connectivity index (χ3v) is 2.50. The van der Waals surface area contributed by atoms with Gasteiger partial charge in [0.05, 0.1) is 0 Å². The van der Waals surface area contributed by atoms with Crippen LogP contribution >= 0.6 is 11.5 Å². The Kier molecular flexibility index (Phi) is 3.76. The monoisotopic (exact) mass is 285 g/mol. The van der Waals surface area contributed by atoms with Crippen molar-refractivity contribution < 1.29 is 23.2 Å². The standard InChI is InChI=1S/C10H5F2N3O3S/c11-5-2-1-3-6(12)8(5)10(17)18-14-9(16)7-4-19-15-13-7/h1-4H,(H,14,16). The molecule has 0 atom stereocenters. The number of amides is 1. The average molecular weight is 285 g/mol. The number of hydroxylamine groups is 1. The van der Waals surface area contributed by atoms with Crippen LogP contribution in [0, 0.1) is 11.6 Å². The van der Waals surface area contributed by atoms with Crippen molar-refractivity contribution in [2.45, 2.75) is 0 Å². The molecule has 0 aliphatic carbocycles. The molecule has 0 unspecified atom stereocenters. The summed E-state index contributed by atoms with van der Waals surface area (Å²) in [6.07, 6.45) is 0. The van der Waals surface area contributed by atoms with E-state index in [0.717, 1.165) is 29.7 Å². The summed E-state index contributed by atoms with van der Waals surface area (Å²) in [6.45, 7) is 0. The van der Waals surface area contributed by atoms with Gasteiger partial charge in [0.2, 0.25) is 0 Å². The number of rotatable bonds is 2. The Hall–Kier alpha value is -2.42. The molecule has 2 aromatic rings. The number of halogens is 2. The van der Waals surface area contributed by atoms with Crippen LogP contribution in [0.1, 0.15) is 20.8 Å². The zero-order valence-electron chi connectivity index (χ0n) is 9.09. The molecule has 1 aromatic heterocycles. The van der Waals surface area contributed by atoms with Crippen LogP contribution in [0.15, 0.2) is 23.6 Å². The quantitative estimate of drug-likeness (QED) is 0.842. The van der Waals surface area contributed by atoms with Crippen LogP contribution in [-0.4, -0.2) is 21.5 Å². The van der Waals surface area contributed by atoms with Crippen LogP contribution in [0.3, 0.4) is 0 Å². The molecule has 1 aromatic carbocycles. The number of aromatic nitrogens is 2. The maximum absolute atomic E-state index is 13.2. The van der Waals surface area contributed by atoms with Crippen molar-refractivity contribution in [1.82, 2.24) is 15.1 Å². The molecule has 0 saturated carbocycles. The summed E-state index contributed by atoms with van der Waals surface area (Å²) in [5.41, 5.74) is 0.753. The van der Waals surface area contributed by atoms with E-state index in [1.807, 2.05) is 0 Å². The molecule has 0 aliphatic rings. The molecule has 0 fully saturated rings. The van der Waals surface area contributed by atoms with Crippen molar-refractivity contribution in [2.24, 2.45) is 0 Å². The van der Waals surface area contributed by atoms with E-state index in [2.05, 4.69) is 14.4 Å². The van der Waals surface area contributed by atoms with E-state index in [0.29, 0.717) is 0 Å². The van der Waals surface area contributed by atoms with E-state index < -0.39 is 29.1 Å². The Morgan fingerprint density at radius 1 is 1.26 bits per heavy atom. The van der Waals surface area contributed by atoms with Crippen molar-refractivity contribution in [2.75, 3.05) is 0 Å². The molecule has 0 radical (unpaired) electrons. The van der Waals surface area contributed by atoms with Gasteiger partial charge in [0.25, 0.3) is 0 Å². The lowest BCUT2D eigenvalue weighted by Crippen LogP contribution is -2.28. The fourth-order valence-electron chi connectivity index (χ4n) is 1.15. The number of carbonyl (C=O) groups excluding carboxylic acids is 2. The third-order valence-electron chi connectivity index (χ3n) is 2.00. The number of hydrogen-bond acceptors (Lipinski definition) is 6. The molecule has 0 aliphatic heterocycles. The van der Waals surface area contributed by atoms with E-state index in [-0.39, 0.29) is 5.69 Å². The zero-order valence-corrected chi connectivity index (χ0v) is 9.91. The van der Waals surface area contributed by atoms with Gasteiger partial charge in [-0.3, -0.25) is 4.79 Å². The van der Waals surface area contributed by atoms with Crippen LogP contribution < -0.4 is 5.48 Å². The second-order valence-electron chi connectivity index (χ2n) is 3.21. The topological polar surface area (TPSA) is 81.2 Å². The second-order valence-corrected chi connectivity index (χ2v) is 3.82. The molecule has 0 spiro atoms. The Labute approximate surface area is 109 Å². The smallest absolute Gasteiger partial charge is 0.335 e. The van der Waals surface area contributed by atoms with E-state index in [1.54, 1.807) is 5.48 Å². The zero-order chi connectivity index (χ0) is 13.8. The summed E-state index contributed by atoms with van der Waals surface area (Å²) in [7, 11) is 0.